The lowest BCUT2D eigenvalue weighted by Gasteiger charge is -2.27. The molecular formula is C15H16F4O. The van der Waals surface area contributed by atoms with E-state index in [0.29, 0.717) is 11.5 Å². The van der Waals surface area contributed by atoms with Gasteiger partial charge in [-0.25, -0.2) is 8.78 Å². The van der Waals surface area contributed by atoms with Gasteiger partial charge in [-0.1, -0.05) is 6.08 Å². The molecule has 0 aromatic heterocycles. The molecule has 0 amide bonds. The van der Waals surface area contributed by atoms with Crippen LogP contribution < -0.4 is 4.74 Å². The second kappa shape index (κ2) is 6.29. The van der Waals surface area contributed by atoms with Gasteiger partial charge in [0.15, 0.2) is 17.4 Å². The molecule has 20 heavy (non-hydrogen) atoms. The number of benzene rings is 1. The quantitative estimate of drug-likeness (QED) is 0.558. The Morgan fingerprint density at radius 3 is 2.10 bits per heavy atom. The molecule has 0 spiro atoms. The van der Waals surface area contributed by atoms with Gasteiger partial charge >= 0.3 is 6.61 Å². The average Bonchev–Trinajstić information content (AvgIpc) is 2.42. The summed E-state index contributed by atoms with van der Waals surface area (Å²) in [6.45, 7) is 0.499. The van der Waals surface area contributed by atoms with Crippen molar-refractivity contribution in [2.24, 2.45) is 5.92 Å². The maximum atomic E-state index is 13.7. The lowest BCUT2D eigenvalue weighted by atomic mass is 9.79. The summed E-state index contributed by atoms with van der Waals surface area (Å²) in [4.78, 5) is 0. The monoisotopic (exact) mass is 288 g/mol. The van der Waals surface area contributed by atoms with Crippen molar-refractivity contribution in [1.29, 1.82) is 0 Å². The molecule has 0 heterocycles. The predicted octanol–water partition coefficient (Wildman–Crippen LogP) is 5.03. The van der Waals surface area contributed by atoms with Crippen molar-refractivity contribution in [3.8, 4) is 5.75 Å². The second-order valence-electron chi connectivity index (χ2n) is 5.04. The average molecular weight is 288 g/mol. The maximum absolute atomic E-state index is 13.7. The third kappa shape index (κ3) is 3.32. The lowest BCUT2D eigenvalue weighted by Crippen LogP contribution is -2.13. The Labute approximate surface area is 115 Å². The highest BCUT2D eigenvalue weighted by Crippen LogP contribution is 2.38. The van der Waals surface area contributed by atoms with Crippen molar-refractivity contribution in [2.75, 3.05) is 0 Å². The van der Waals surface area contributed by atoms with Crippen LogP contribution in [0, 0.1) is 17.6 Å². The number of halogens is 4. The summed E-state index contributed by atoms with van der Waals surface area (Å²) in [6, 6.07) is 2.19. The molecule has 0 bridgehead atoms. The lowest BCUT2D eigenvalue weighted by molar-refractivity contribution is -0.0546. The summed E-state index contributed by atoms with van der Waals surface area (Å²) in [5.41, 5.74) is 0.504. The minimum absolute atomic E-state index is 0.0517. The van der Waals surface area contributed by atoms with Crippen molar-refractivity contribution < 1.29 is 22.3 Å². The highest BCUT2D eigenvalue weighted by molar-refractivity contribution is 5.33. The number of hydrogen-bond acceptors (Lipinski definition) is 1. The number of allylic oxidation sites excluding steroid dienone is 1. The van der Waals surface area contributed by atoms with E-state index in [1.807, 2.05) is 6.08 Å². The molecule has 2 rings (SSSR count). The van der Waals surface area contributed by atoms with Crippen LogP contribution in [0.1, 0.15) is 37.2 Å². The molecule has 1 aliphatic carbocycles. The Morgan fingerprint density at radius 2 is 1.65 bits per heavy atom. The molecule has 0 aliphatic heterocycles. The Morgan fingerprint density at radius 1 is 1.10 bits per heavy atom. The van der Waals surface area contributed by atoms with Crippen LogP contribution in [0.3, 0.4) is 0 Å². The summed E-state index contributed by atoms with van der Waals surface area (Å²) in [7, 11) is 0. The van der Waals surface area contributed by atoms with E-state index in [2.05, 4.69) is 11.3 Å². The standard InChI is InChI=1S/C15H16F4O/c1-2-9-3-5-10(6-4-9)11-7-12(16)14(13(17)8-11)20-15(18)19/h2,7-10,15H,1,3-6H2/t9-,10-. The molecule has 0 unspecified atom stereocenters. The van der Waals surface area contributed by atoms with Crippen molar-refractivity contribution in [1.82, 2.24) is 0 Å². The maximum Gasteiger partial charge on any atom is 0.387 e. The summed E-state index contributed by atoms with van der Waals surface area (Å²) in [5, 5.41) is 0. The topological polar surface area (TPSA) is 9.23 Å². The van der Waals surface area contributed by atoms with Crippen molar-refractivity contribution in [2.45, 2.75) is 38.2 Å². The van der Waals surface area contributed by atoms with E-state index in [9.17, 15) is 17.6 Å². The molecule has 1 saturated carbocycles. The number of ether oxygens (including phenoxy) is 1. The van der Waals surface area contributed by atoms with E-state index in [1.54, 1.807) is 0 Å². The van der Waals surface area contributed by atoms with Gasteiger partial charge in [0.1, 0.15) is 0 Å². The van der Waals surface area contributed by atoms with E-state index >= 15 is 0 Å². The van der Waals surface area contributed by atoms with Gasteiger partial charge in [0.05, 0.1) is 0 Å². The molecular weight excluding hydrogens is 272 g/mol. The fourth-order valence-electron chi connectivity index (χ4n) is 2.71. The minimum atomic E-state index is -3.24. The molecule has 0 saturated heterocycles. The molecule has 5 heteroatoms. The van der Waals surface area contributed by atoms with E-state index in [4.69, 9.17) is 0 Å². The molecule has 1 fully saturated rings. The van der Waals surface area contributed by atoms with Crippen LogP contribution in [0.5, 0.6) is 5.75 Å². The number of alkyl halides is 2. The van der Waals surface area contributed by atoms with Crippen LogP contribution in [0.2, 0.25) is 0 Å². The van der Waals surface area contributed by atoms with Gasteiger partial charge < -0.3 is 4.74 Å². The summed E-state index contributed by atoms with van der Waals surface area (Å²) in [6.07, 6.45) is 5.37. The summed E-state index contributed by atoms with van der Waals surface area (Å²) >= 11 is 0. The molecule has 0 atom stereocenters. The number of rotatable bonds is 4. The van der Waals surface area contributed by atoms with Crippen LogP contribution in [-0.4, -0.2) is 6.61 Å². The summed E-state index contributed by atoms with van der Waals surface area (Å²) < 4.78 is 55.3. The van der Waals surface area contributed by atoms with Crippen LogP contribution in [-0.2, 0) is 0 Å². The molecule has 0 radical (unpaired) electrons. The summed E-state index contributed by atoms with van der Waals surface area (Å²) in [5.74, 6) is -2.67. The van der Waals surface area contributed by atoms with Gasteiger partial charge in [-0.15, -0.1) is 6.58 Å². The molecule has 0 N–H and O–H groups in total. The first-order chi connectivity index (χ1) is 9.51. The van der Waals surface area contributed by atoms with Gasteiger partial charge in [0.2, 0.25) is 0 Å². The molecule has 1 aromatic carbocycles. The fraction of sp³-hybridized carbons (Fsp3) is 0.467. The van der Waals surface area contributed by atoms with E-state index in [-0.39, 0.29) is 5.92 Å². The van der Waals surface area contributed by atoms with E-state index < -0.39 is 24.0 Å². The fourth-order valence-corrected chi connectivity index (χ4v) is 2.71. The molecule has 110 valence electrons. The first-order valence-electron chi connectivity index (χ1n) is 6.57. The predicted molar refractivity (Wildman–Crippen MR) is 67.9 cm³/mol. The normalized spacial score (nSPS) is 22.9. The first-order valence-corrected chi connectivity index (χ1v) is 6.57. The largest absolute Gasteiger partial charge is 0.429 e. The van der Waals surface area contributed by atoms with Crippen LogP contribution in [0.4, 0.5) is 17.6 Å². The Kier molecular flexibility index (Phi) is 4.68. The third-order valence-corrected chi connectivity index (χ3v) is 3.80. The molecule has 1 nitrogen and oxygen atoms in total. The zero-order valence-corrected chi connectivity index (χ0v) is 10.9. The third-order valence-electron chi connectivity index (χ3n) is 3.80. The molecule has 1 aromatic rings. The highest BCUT2D eigenvalue weighted by Gasteiger charge is 2.24. The zero-order chi connectivity index (χ0) is 14.7. The van der Waals surface area contributed by atoms with Crippen molar-refractivity contribution >= 4 is 0 Å². The Hall–Kier alpha value is -1.52. The smallest absolute Gasteiger partial charge is 0.387 e. The highest BCUT2D eigenvalue weighted by atomic mass is 19.3. The van der Waals surface area contributed by atoms with Crippen LogP contribution >= 0.6 is 0 Å². The van der Waals surface area contributed by atoms with Gasteiger partial charge in [-0.3, -0.25) is 0 Å². The second-order valence-corrected chi connectivity index (χ2v) is 5.04. The Balaban J connectivity index is 2.16. The SMILES string of the molecule is C=C[C@H]1CC[C@H](c2cc(F)c(OC(F)F)c(F)c2)CC1. The van der Waals surface area contributed by atoms with Gasteiger partial charge in [-0.05, 0) is 55.2 Å². The first kappa shape index (κ1) is 14.9. The zero-order valence-electron chi connectivity index (χ0n) is 10.9. The molecule has 1 aliphatic rings. The van der Waals surface area contributed by atoms with E-state index in [1.165, 1.54) is 0 Å². The minimum Gasteiger partial charge on any atom is -0.429 e. The van der Waals surface area contributed by atoms with E-state index in [0.717, 1.165) is 37.8 Å². The van der Waals surface area contributed by atoms with Gasteiger partial charge in [0.25, 0.3) is 0 Å². The van der Waals surface area contributed by atoms with Gasteiger partial charge in [-0.2, -0.15) is 8.78 Å². The van der Waals surface area contributed by atoms with Crippen LogP contribution in [0.15, 0.2) is 24.8 Å². The van der Waals surface area contributed by atoms with Crippen molar-refractivity contribution in [3.63, 3.8) is 0 Å². The Bertz CT molecular complexity index is 456. The van der Waals surface area contributed by atoms with Crippen LogP contribution in [0.25, 0.3) is 0 Å². The van der Waals surface area contributed by atoms with Crippen molar-refractivity contribution in [3.05, 3.63) is 42.0 Å². The van der Waals surface area contributed by atoms with Gasteiger partial charge in [0, 0.05) is 0 Å². The number of hydrogen-bond donors (Lipinski definition) is 0.